The second-order valence-electron chi connectivity index (χ2n) is 5.64. The van der Waals surface area contributed by atoms with Gasteiger partial charge >= 0.3 is 0 Å². The zero-order valence-corrected chi connectivity index (χ0v) is 14.0. The summed E-state index contributed by atoms with van der Waals surface area (Å²) in [7, 11) is 1.59. The Morgan fingerprint density at radius 1 is 1.05 bits per heavy atom. The van der Waals surface area contributed by atoms with Gasteiger partial charge in [0.15, 0.2) is 0 Å². The van der Waals surface area contributed by atoms with E-state index in [1.54, 1.807) is 7.11 Å². The quantitative estimate of drug-likeness (QED) is 0.846. The van der Waals surface area contributed by atoms with Crippen molar-refractivity contribution in [2.24, 2.45) is 0 Å². The minimum absolute atomic E-state index is 0.0260. The molecule has 118 valence electrons. The van der Waals surface area contributed by atoms with Crippen LogP contribution in [0.2, 0.25) is 0 Å². The molecule has 1 aromatic carbocycles. The Morgan fingerprint density at radius 3 is 1.95 bits per heavy atom. The fourth-order valence-corrected chi connectivity index (χ4v) is 2.65. The van der Waals surface area contributed by atoms with Crippen molar-refractivity contribution >= 4 is 5.91 Å². The van der Waals surface area contributed by atoms with Gasteiger partial charge in [0.25, 0.3) is 5.91 Å². The molecule has 0 aliphatic heterocycles. The molecule has 4 heteroatoms. The molecule has 21 heavy (non-hydrogen) atoms. The first-order valence-corrected chi connectivity index (χ1v) is 7.32. The number of carbonyl (C=O) groups is 1. The molecule has 1 unspecified atom stereocenters. The van der Waals surface area contributed by atoms with Crippen LogP contribution in [0.1, 0.15) is 44.6 Å². The van der Waals surface area contributed by atoms with Gasteiger partial charge in [0.2, 0.25) is 0 Å². The Balaban J connectivity index is 3.13. The highest BCUT2D eigenvalue weighted by Gasteiger charge is 2.20. The third kappa shape index (κ3) is 3.83. The Bertz CT molecular complexity index is 488. The SMILES string of the molecule is COCC(CCO)NC(=O)c1c(C)c(C)c(C)c(C)c1C. The molecule has 0 heterocycles. The molecule has 0 aliphatic carbocycles. The number of hydrogen-bond donors (Lipinski definition) is 2. The van der Waals surface area contributed by atoms with Crippen molar-refractivity contribution in [1.82, 2.24) is 5.32 Å². The average molecular weight is 293 g/mol. The summed E-state index contributed by atoms with van der Waals surface area (Å²) >= 11 is 0. The lowest BCUT2D eigenvalue weighted by Gasteiger charge is -2.21. The van der Waals surface area contributed by atoms with E-state index in [-0.39, 0.29) is 18.6 Å². The van der Waals surface area contributed by atoms with E-state index < -0.39 is 0 Å². The van der Waals surface area contributed by atoms with Gasteiger partial charge in [-0.05, 0) is 68.9 Å². The summed E-state index contributed by atoms with van der Waals surface area (Å²) in [5, 5.41) is 12.0. The molecule has 0 radical (unpaired) electrons. The maximum Gasteiger partial charge on any atom is 0.252 e. The number of aliphatic hydroxyl groups excluding tert-OH is 1. The van der Waals surface area contributed by atoms with Gasteiger partial charge < -0.3 is 15.2 Å². The van der Waals surface area contributed by atoms with Crippen LogP contribution in [-0.2, 0) is 4.74 Å². The minimum atomic E-state index is -0.173. The molecule has 0 spiro atoms. The van der Waals surface area contributed by atoms with Crippen molar-refractivity contribution in [3.8, 4) is 0 Å². The van der Waals surface area contributed by atoms with E-state index in [0.717, 1.165) is 27.8 Å². The summed E-state index contributed by atoms with van der Waals surface area (Å²) in [5.41, 5.74) is 6.35. The maximum atomic E-state index is 12.6. The van der Waals surface area contributed by atoms with E-state index in [4.69, 9.17) is 9.84 Å². The molecule has 0 fully saturated rings. The van der Waals surface area contributed by atoms with Crippen LogP contribution >= 0.6 is 0 Å². The van der Waals surface area contributed by atoms with E-state index >= 15 is 0 Å². The van der Waals surface area contributed by atoms with Crippen LogP contribution in [-0.4, -0.2) is 37.4 Å². The molecule has 4 nitrogen and oxygen atoms in total. The number of benzene rings is 1. The van der Waals surface area contributed by atoms with Gasteiger partial charge in [-0.15, -0.1) is 0 Å². The number of rotatable bonds is 6. The zero-order chi connectivity index (χ0) is 16.2. The second kappa shape index (κ2) is 7.57. The summed E-state index contributed by atoms with van der Waals surface area (Å²) in [6.07, 6.45) is 0.488. The van der Waals surface area contributed by atoms with Gasteiger partial charge in [-0.1, -0.05) is 0 Å². The Labute approximate surface area is 127 Å². The molecule has 2 N–H and O–H groups in total. The number of amides is 1. The van der Waals surface area contributed by atoms with Gasteiger partial charge in [-0.25, -0.2) is 0 Å². The summed E-state index contributed by atoms with van der Waals surface area (Å²) < 4.78 is 5.09. The molecule has 0 saturated carbocycles. The number of hydrogen-bond acceptors (Lipinski definition) is 3. The third-order valence-electron chi connectivity index (χ3n) is 4.41. The lowest BCUT2D eigenvalue weighted by atomic mass is 9.89. The predicted molar refractivity (Wildman–Crippen MR) is 85.0 cm³/mol. The first-order chi connectivity index (χ1) is 9.84. The highest BCUT2D eigenvalue weighted by molar-refractivity contribution is 5.98. The van der Waals surface area contributed by atoms with Crippen molar-refractivity contribution in [3.63, 3.8) is 0 Å². The fourth-order valence-electron chi connectivity index (χ4n) is 2.65. The van der Waals surface area contributed by atoms with Crippen LogP contribution in [0.25, 0.3) is 0 Å². The molecule has 1 rings (SSSR count). The van der Waals surface area contributed by atoms with Crippen LogP contribution < -0.4 is 5.32 Å². The molecule has 0 bridgehead atoms. The predicted octanol–water partition coefficient (Wildman–Crippen LogP) is 2.36. The highest BCUT2D eigenvalue weighted by Crippen LogP contribution is 2.26. The number of aliphatic hydroxyl groups is 1. The lowest BCUT2D eigenvalue weighted by Crippen LogP contribution is -2.39. The molecule has 1 amide bonds. The topological polar surface area (TPSA) is 58.6 Å². The van der Waals surface area contributed by atoms with Crippen LogP contribution in [0.3, 0.4) is 0 Å². The minimum Gasteiger partial charge on any atom is -0.396 e. The Kier molecular flexibility index (Phi) is 6.37. The number of nitrogens with one attached hydrogen (secondary N) is 1. The van der Waals surface area contributed by atoms with Crippen LogP contribution in [0.5, 0.6) is 0 Å². The molecular weight excluding hydrogens is 266 g/mol. The number of carbonyl (C=O) groups excluding carboxylic acids is 1. The van der Waals surface area contributed by atoms with E-state index in [1.807, 2.05) is 27.7 Å². The smallest absolute Gasteiger partial charge is 0.252 e. The third-order valence-corrected chi connectivity index (χ3v) is 4.41. The summed E-state index contributed by atoms with van der Waals surface area (Å²) in [6.45, 7) is 10.6. The normalized spacial score (nSPS) is 12.3. The number of methoxy groups -OCH3 is 1. The highest BCUT2D eigenvalue weighted by atomic mass is 16.5. The summed E-state index contributed by atoms with van der Waals surface area (Å²) in [6, 6.07) is -0.173. The summed E-state index contributed by atoms with van der Waals surface area (Å²) in [5.74, 6) is -0.0910. The standard InChI is InChI=1S/C17H27NO3/c1-10-11(2)13(4)16(14(5)12(10)3)17(20)18-15(7-8-19)9-21-6/h15,19H,7-9H2,1-6H3,(H,18,20). The zero-order valence-electron chi connectivity index (χ0n) is 14.0. The van der Waals surface area contributed by atoms with Crippen LogP contribution in [0.4, 0.5) is 0 Å². The van der Waals surface area contributed by atoms with Crippen LogP contribution in [0.15, 0.2) is 0 Å². The molecule has 0 saturated heterocycles. The average Bonchev–Trinajstić information content (AvgIpc) is 2.44. The first-order valence-electron chi connectivity index (χ1n) is 7.32. The van der Waals surface area contributed by atoms with Gasteiger partial charge in [0.05, 0.1) is 12.6 Å². The van der Waals surface area contributed by atoms with Gasteiger partial charge in [0, 0.05) is 19.3 Å². The van der Waals surface area contributed by atoms with Crippen molar-refractivity contribution in [1.29, 1.82) is 0 Å². The summed E-state index contributed by atoms with van der Waals surface area (Å²) in [4.78, 5) is 12.6. The monoisotopic (exact) mass is 293 g/mol. The van der Waals surface area contributed by atoms with Crippen molar-refractivity contribution < 1.29 is 14.6 Å². The molecular formula is C17H27NO3. The maximum absolute atomic E-state index is 12.6. The fraction of sp³-hybridized carbons (Fsp3) is 0.588. The molecule has 0 aromatic heterocycles. The van der Waals surface area contributed by atoms with Crippen molar-refractivity contribution in [2.45, 2.75) is 47.1 Å². The van der Waals surface area contributed by atoms with E-state index in [1.165, 1.54) is 5.56 Å². The lowest BCUT2D eigenvalue weighted by molar-refractivity contribution is 0.0877. The number of ether oxygens (including phenoxy) is 1. The Morgan fingerprint density at radius 2 is 1.52 bits per heavy atom. The van der Waals surface area contributed by atoms with E-state index in [9.17, 15) is 4.79 Å². The van der Waals surface area contributed by atoms with E-state index in [0.29, 0.717) is 13.0 Å². The van der Waals surface area contributed by atoms with Gasteiger partial charge in [-0.3, -0.25) is 4.79 Å². The molecule has 0 aliphatic rings. The van der Waals surface area contributed by atoms with E-state index in [2.05, 4.69) is 12.2 Å². The van der Waals surface area contributed by atoms with Gasteiger partial charge in [0.1, 0.15) is 0 Å². The van der Waals surface area contributed by atoms with Crippen molar-refractivity contribution in [3.05, 3.63) is 33.4 Å². The van der Waals surface area contributed by atoms with Crippen molar-refractivity contribution in [2.75, 3.05) is 20.3 Å². The van der Waals surface area contributed by atoms with Gasteiger partial charge in [-0.2, -0.15) is 0 Å². The second-order valence-corrected chi connectivity index (χ2v) is 5.64. The molecule has 1 atom stereocenters. The largest absolute Gasteiger partial charge is 0.396 e. The Hall–Kier alpha value is -1.39. The first kappa shape index (κ1) is 17.7. The van der Waals surface area contributed by atoms with Crippen LogP contribution in [0, 0.1) is 34.6 Å². The molecule has 1 aromatic rings.